The SMILES string of the molecule is CC1(C)c2ccccc2-c2cc(N(c3ccc(-c4ccccc4)cc3)c3ccc4c(c3)-c3cc(-c5ccccc5)ccc3C43C4CC5CC6CC3C6(C5)C4)ccc21. The van der Waals surface area contributed by atoms with E-state index in [2.05, 4.69) is 183 Å². The number of benzene rings is 7. The smallest absolute Gasteiger partial charge is 0.0468 e. The molecule has 276 valence electrons. The van der Waals surface area contributed by atoms with Gasteiger partial charge >= 0.3 is 0 Å². The van der Waals surface area contributed by atoms with E-state index in [1.807, 2.05) is 0 Å². The fourth-order valence-electron chi connectivity index (χ4n) is 14.2. The summed E-state index contributed by atoms with van der Waals surface area (Å²) in [6.07, 6.45) is 7.24. The lowest BCUT2D eigenvalue weighted by atomic mass is 9.49. The summed E-state index contributed by atoms with van der Waals surface area (Å²) >= 11 is 0. The summed E-state index contributed by atoms with van der Waals surface area (Å²) in [4.78, 5) is 2.53. The Labute approximate surface area is 337 Å². The van der Waals surface area contributed by atoms with E-state index in [1.165, 1.54) is 105 Å². The minimum absolute atomic E-state index is 0.0342. The first-order valence-corrected chi connectivity index (χ1v) is 21.5. The third kappa shape index (κ3) is 4.15. The monoisotopic (exact) mass is 733 g/mol. The zero-order chi connectivity index (χ0) is 37.7. The van der Waals surface area contributed by atoms with Crippen molar-refractivity contribution < 1.29 is 0 Å². The first-order valence-electron chi connectivity index (χ1n) is 21.5. The zero-order valence-corrected chi connectivity index (χ0v) is 32.9. The van der Waals surface area contributed by atoms with Gasteiger partial charge in [-0.1, -0.05) is 135 Å². The van der Waals surface area contributed by atoms with Crippen molar-refractivity contribution in [3.8, 4) is 44.5 Å². The van der Waals surface area contributed by atoms with Gasteiger partial charge in [0.15, 0.2) is 0 Å². The summed E-state index contributed by atoms with van der Waals surface area (Å²) in [5, 5.41) is 0. The van der Waals surface area contributed by atoms with Gasteiger partial charge in [0.25, 0.3) is 0 Å². The van der Waals surface area contributed by atoms with Gasteiger partial charge in [0.05, 0.1) is 0 Å². The van der Waals surface area contributed by atoms with Crippen LogP contribution in [0.15, 0.2) is 164 Å². The van der Waals surface area contributed by atoms with Gasteiger partial charge in [-0.25, -0.2) is 0 Å². The number of anilines is 3. The van der Waals surface area contributed by atoms with Crippen LogP contribution in [0.25, 0.3) is 44.5 Å². The molecule has 7 aromatic carbocycles. The van der Waals surface area contributed by atoms with Crippen LogP contribution in [0.2, 0.25) is 0 Å². The number of hydrogen-bond donors (Lipinski definition) is 0. The van der Waals surface area contributed by atoms with Gasteiger partial charge < -0.3 is 4.90 Å². The van der Waals surface area contributed by atoms with Crippen LogP contribution in [0.1, 0.15) is 68.2 Å². The molecular formula is C56H47N. The molecule has 6 aliphatic rings. The van der Waals surface area contributed by atoms with Gasteiger partial charge in [0.2, 0.25) is 0 Å². The molecule has 7 aromatic rings. The molecule has 0 aromatic heterocycles. The third-order valence-corrected chi connectivity index (χ3v) is 16.4. The molecule has 6 unspecified atom stereocenters. The molecule has 0 heterocycles. The minimum atomic E-state index is -0.0342. The van der Waals surface area contributed by atoms with E-state index in [1.54, 1.807) is 11.1 Å². The molecule has 1 nitrogen and oxygen atoms in total. The van der Waals surface area contributed by atoms with E-state index in [0.717, 1.165) is 23.7 Å². The number of hydrogen-bond acceptors (Lipinski definition) is 1. The predicted octanol–water partition coefficient (Wildman–Crippen LogP) is 14.5. The van der Waals surface area contributed by atoms with E-state index < -0.39 is 0 Å². The van der Waals surface area contributed by atoms with Crippen LogP contribution in [0.3, 0.4) is 0 Å². The van der Waals surface area contributed by atoms with Gasteiger partial charge in [-0.15, -0.1) is 0 Å². The molecule has 0 radical (unpaired) electrons. The molecule has 0 aliphatic heterocycles. The van der Waals surface area contributed by atoms with E-state index in [0.29, 0.717) is 5.41 Å². The topological polar surface area (TPSA) is 3.24 Å². The second kappa shape index (κ2) is 11.3. The highest BCUT2D eigenvalue weighted by Gasteiger charge is 2.76. The maximum atomic E-state index is 2.60. The molecule has 0 saturated heterocycles. The zero-order valence-electron chi connectivity index (χ0n) is 32.9. The average Bonchev–Trinajstić information content (AvgIpc) is 3.80. The van der Waals surface area contributed by atoms with Gasteiger partial charge in [0, 0.05) is 27.9 Å². The molecular weight excluding hydrogens is 687 g/mol. The van der Waals surface area contributed by atoms with Crippen molar-refractivity contribution in [2.75, 3.05) is 4.90 Å². The summed E-state index contributed by atoms with van der Waals surface area (Å²) in [5.74, 6) is 3.39. The van der Waals surface area contributed by atoms with Crippen LogP contribution in [0, 0.1) is 29.1 Å². The standard InChI is InChI=1S/C56H47N/c1-54(2)49-16-10-9-15-45(49)47-31-43(22-25-50(47)54)57(42-20-17-38(18-21-42)36-11-5-3-6-12-36)44-23-26-52-48(32-44)46-29-39(37-13-7-4-8-14-37)19-24-51(46)56(52)41-28-35-27-40-30-53(56)55(40,33-35)34-41/h3-26,29,31-32,35,40-41,53H,27-28,30,33-34H2,1-2H3. The van der Waals surface area contributed by atoms with Crippen molar-refractivity contribution in [3.63, 3.8) is 0 Å². The summed E-state index contributed by atoms with van der Waals surface area (Å²) < 4.78 is 0. The Kier molecular flexibility index (Phi) is 6.40. The van der Waals surface area contributed by atoms with Gasteiger partial charge in [-0.2, -0.15) is 0 Å². The van der Waals surface area contributed by atoms with Crippen molar-refractivity contribution in [1.82, 2.24) is 0 Å². The highest BCUT2D eigenvalue weighted by Crippen LogP contribution is 2.83. The molecule has 1 heteroatoms. The first-order chi connectivity index (χ1) is 27.9. The normalized spacial score (nSPS) is 27.1. The average molecular weight is 734 g/mol. The van der Waals surface area contributed by atoms with Crippen molar-refractivity contribution >= 4 is 17.1 Å². The van der Waals surface area contributed by atoms with Crippen LogP contribution >= 0.6 is 0 Å². The van der Waals surface area contributed by atoms with Crippen LogP contribution in [-0.2, 0) is 10.8 Å². The molecule has 6 aliphatic carbocycles. The van der Waals surface area contributed by atoms with E-state index in [9.17, 15) is 0 Å². The quantitative estimate of drug-likeness (QED) is 0.170. The number of rotatable bonds is 5. The maximum absolute atomic E-state index is 2.60. The maximum Gasteiger partial charge on any atom is 0.0468 e. The van der Waals surface area contributed by atoms with Crippen LogP contribution in [-0.4, -0.2) is 0 Å². The number of nitrogens with zero attached hydrogens (tertiary/aromatic N) is 1. The molecule has 4 fully saturated rings. The second-order valence-corrected chi connectivity index (χ2v) is 19.0. The Hall–Kier alpha value is -5.66. The summed E-state index contributed by atoms with van der Waals surface area (Å²) in [7, 11) is 0. The van der Waals surface area contributed by atoms with Crippen LogP contribution in [0.4, 0.5) is 17.1 Å². The lowest BCUT2D eigenvalue weighted by Crippen LogP contribution is -2.50. The number of fused-ring (bicyclic) bond motifs is 12. The molecule has 4 saturated carbocycles. The Morgan fingerprint density at radius 3 is 1.68 bits per heavy atom. The molecule has 0 amide bonds. The lowest BCUT2D eigenvalue weighted by Gasteiger charge is -2.54. The van der Waals surface area contributed by atoms with E-state index >= 15 is 0 Å². The summed E-state index contributed by atoms with van der Waals surface area (Å²) in [5.41, 5.74) is 21.1. The summed E-state index contributed by atoms with van der Waals surface area (Å²) in [6, 6.07) is 62.6. The fraction of sp³-hybridized carbons (Fsp3) is 0.250. The van der Waals surface area contributed by atoms with Crippen molar-refractivity contribution in [2.45, 2.75) is 56.8 Å². The first kappa shape index (κ1) is 32.4. The van der Waals surface area contributed by atoms with Crippen molar-refractivity contribution in [3.05, 3.63) is 186 Å². The summed E-state index contributed by atoms with van der Waals surface area (Å²) in [6.45, 7) is 4.75. The molecule has 2 spiro atoms. The van der Waals surface area contributed by atoms with E-state index in [4.69, 9.17) is 0 Å². The highest BCUT2D eigenvalue weighted by atomic mass is 15.1. The molecule has 57 heavy (non-hydrogen) atoms. The predicted molar refractivity (Wildman–Crippen MR) is 235 cm³/mol. The third-order valence-electron chi connectivity index (χ3n) is 16.4. The van der Waals surface area contributed by atoms with Gasteiger partial charge in [0.1, 0.15) is 0 Å². The fourth-order valence-corrected chi connectivity index (χ4v) is 14.2. The second-order valence-electron chi connectivity index (χ2n) is 19.0. The minimum Gasteiger partial charge on any atom is -0.310 e. The van der Waals surface area contributed by atoms with Crippen molar-refractivity contribution in [1.29, 1.82) is 0 Å². The highest BCUT2D eigenvalue weighted by molar-refractivity contribution is 5.91. The van der Waals surface area contributed by atoms with Crippen LogP contribution in [0.5, 0.6) is 0 Å². The van der Waals surface area contributed by atoms with Gasteiger partial charge in [-0.05, 0) is 170 Å². The van der Waals surface area contributed by atoms with Gasteiger partial charge in [-0.3, -0.25) is 0 Å². The molecule has 3 bridgehead atoms. The Balaban J connectivity index is 1.02. The Morgan fingerprint density at radius 1 is 0.421 bits per heavy atom. The Morgan fingerprint density at radius 2 is 0.947 bits per heavy atom. The molecule has 0 N–H and O–H groups in total. The largest absolute Gasteiger partial charge is 0.310 e. The lowest BCUT2D eigenvalue weighted by molar-refractivity contribution is -0.0193. The van der Waals surface area contributed by atoms with Crippen LogP contribution < -0.4 is 4.90 Å². The molecule has 6 atom stereocenters. The molecule has 13 rings (SSSR count). The Bertz CT molecular complexity index is 2780. The van der Waals surface area contributed by atoms with E-state index in [-0.39, 0.29) is 10.8 Å². The van der Waals surface area contributed by atoms with Crippen molar-refractivity contribution in [2.24, 2.45) is 29.1 Å².